The Morgan fingerprint density at radius 3 is 0.960 bits per heavy atom. The second-order valence-electron chi connectivity index (χ2n) is 22.3. The molecule has 10 fully saturated rings. The molecule has 0 radical (unpaired) electrons. The summed E-state index contributed by atoms with van der Waals surface area (Å²) in [6.45, 7) is 0. The van der Waals surface area contributed by atoms with Gasteiger partial charge in [-0.05, 0) is 164 Å². The molecule has 0 heteroatoms. The smallest absolute Gasteiger partial charge is 0.0323 e. The van der Waals surface area contributed by atoms with Crippen LogP contribution >= 0.6 is 0 Å². The Balaban J connectivity index is 1.04. The summed E-state index contributed by atoms with van der Waals surface area (Å²) in [5.41, 5.74) is 0. The molecule has 0 N–H and O–H groups in total. The van der Waals surface area contributed by atoms with E-state index in [9.17, 15) is 0 Å². The zero-order chi connectivity index (χ0) is 33.0. The summed E-state index contributed by atoms with van der Waals surface area (Å²) in [5.74, 6) is 20.3. The van der Waals surface area contributed by atoms with E-state index in [4.69, 9.17) is 0 Å². The van der Waals surface area contributed by atoms with Gasteiger partial charge in [0.05, 0.1) is 0 Å². The van der Waals surface area contributed by atoms with Gasteiger partial charge in [0.15, 0.2) is 0 Å². The third-order valence-electron chi connectivity index (χ3n) is 20.7. The van der Waals surface area contributed by atoms with Crippen molar-refractivity contribution in [3.05, 3.63) is 0 Å². The molecule has 10 aliphatic carbocycles. The van der Waals surface area contributed by atoms with Crippen LogP contribution < -0.4 is 0 Å². The standard InChI is InChI=1S/C50H82/c1-5-15-33(16-6-1)40-27-28-41(34-17-7-2-8-18-34)44-32-48-47(31-43(40)44)49(36-20-9-3-10-21-36)45-29-38-26-25-35-19-13-14-24-39(35)42(38)30-46(45)50(48)37-22-11-4-12-23-37/h33-50H,1-32H2. The topological polar surface area (TPSA) is 0 Å². The maximum atomic E-state index is 1.74. The number of hydrogen-bond acceptors (Lipinski definition) is 0. The average molecular weight is 683 g/mol. The fourth-order valence-corrected chi connectivity index (χ4v) is 19.1. The lowest BCUT2D eigenvalue weighted by Crippen LogP contribution is -2.59. The molecule has 50 heavy (non-hydrogen) atoms. The van der Waals surface area contributed by atoms with E-state index in [2.05, 4.69) is 0 Å². The fraction of sp³-hybridized carbons (Fsp3) is 1.00. The van der Waals surface area contributed by atoms with Crippen molar-refractivity contribution >= 4 is 0 Å². The van der Waals surface area contributed by atoms with Gasteiger partial charge >= 0.3 is 0 Å². The van der Waals surface area contributed by atoms with Crippen LogP contribution in [0.25, 0.3) is 0 Å². The molecule has 10 rings (SSSR count). The number of rotatable bonds is 4. The van der Waals surface area contributed by atoms with Crippen LogP contribution in [0.4, 0.5) is 0 Å². The van der Waals surface area contributed by atoms with Crippen molar-refractivity contribution in [3.63, 3.8) is 0 Å². The van der Waals surface area contributed by atoms with Gasteiger partial charge in [-0.1, -0.05) is 148 Å². The van der Waals surface area contributed by atoms with Gasteiger partial charge in [-0.3, -0.25) is 0 Å². The largest absolute Gasteiger partial charge is 0.0533 e. The second kappa shape index (κ2) is 15.3. The van der Waals surface area contributed by atoms with Crippen molar-refractivity contribution in [2.45, 2.75) is 205 Å². The molecule has 0 amide bonds. The van der Waals surface area contributed by atoms with Crippen LogP contribution in [0.3, 0.4) is 0 Å². The highest BCUT2D eigenvalue weighted by Gasteiger charge is 2.62. The van der Waals surface area contributed by atoms with Crippen LogP contribution in [0.15, 0.2) is 0 Å². The molecular weight excluding hydrogens is 601 g/mol. The van der Waals surface area contributed by atoms with E-state index in [1.807, 2.05) is 0 Å². The lowest BCUT2D eigenvalue weighted by molar-refractivity contribution is -0.175. The Kier molecular flexibility index (Phi) is 10.5. The van der Waals surface area contributed by atoms with E-state index in [-0.39, 0.29) is 0 Å². The molecule has 10 saturated carbocycles. The van der Waals surface area contributed by atoms with Crippen LogP contribution in [0.2, 0.25) is 0 Å². The monoisotopic (exact) mass is 683 g/mol. The molecular formula is C50H82. The minimum Gasteiger partial charge on any atom is -0.0533 e. The minimum atomic E-state index is 1.11. The number of fused-ring (bicyclic) bond motifs is 6. The van der Waals surface area contributed by atoms with Gasteiger partial charge in [0, 0.05) is 0 Å². The minimum absolute atomic E-state index is 1.11. The first-order chi connectivity index (χ1) is 24.8. The Labute approximate surface area is 311 Å². The first-order valence-corrected chi connectivity index (χ1v) is 24.8. The summed E-state index contributed by atoms with van der Waals surface area (Å²) >= 11 is 0. The van der Waals surface area contributed by atoms with Crippen molar-refractivity contribution in [3.8, 4) is 0 Å². The van der Waals surface area contributed by atoms with E-state index < -0.39 is 0 Å². The summed E-state index contributed by atoms with van der Waals surface area (Å²) in [4.78, 5) is 0. The molecule has 0 bridgehead atoms. The SMILES string of the molecule is C1CCC(C2CCC(C3CCCCC3)C3CC4C(CC23)C(C2CCCCC2)C2CC3CCC5CCCCC5C3CC2C4C2CCCCC2)CC1. The van der Waals surface area contributed by atoms with Gasteiger partial charge in [0.2, 0.25) is 0 Å². The number of hydrogen-bond donors (Lipinski definition) is 0. The average Bonchev–Trinajstić information content (AvgIpc) is 3.19. The van der Waals surface area contributed by atoms with E-state index >= 15 is 0 Å². The highest BCUT2D eigenvalue weighted by atomic mass is 14.7. The quantitative estimate of drug-likeness (QED) is 0.277. The van der Waals surface area contributed by atoms with Crippen LogP contribution in [0, 0.1) is 107 Å². The molecule has 14 atom stereocenters. The maximum absolute atomic E-state index is 1.74. The molecule has 10 aliphatic rings. The predicted octanol–water partition coefficient (Wildman–Crippen LogP) is 14.7. The Hall–Kier alpha value is 0. The molecule has 0 aromatic carbocycles. The molecule has 0 nitrogen and oxygen atoms in total. The summed E-state index contributed by atoms with van der Waals surface area (Å²) in [5, 5.41) is 0. The van der Waals surface area contributed by atoms with E-state index in [0.29, 0.717) is 0 Å². The third-order valence-corrected chi connectivity index (χ3v) is 20.7. The van der Waals surface area contributed by atoms with Gasteiger partial charge in [0.25, 0.3) is 0 Å². The molecule has 0 spiro atoms. The van der Waals surface area contributed by atoms with Gasteiger partial charge in [0.1, 0.15) is 0 Å². The fourth-order valence-electron chi connectivity index (χ4n) is 19.1. The Bertz CT molecular complexity index is 1080. The third kappa shape index (κ3) is 6.37. The van der Waals surface area contributed by atoms with Crippen molar-refractivity contribution in [2.24, 2.45) is 107 Å². The molecule has 0 heterocycles. The predicted molar refractivity (Wildman–Crippen MR) is 211 cm³/mol. The zero-order valence-electron chi connectivity index (χ0n) is 33.0. The van der Waals surface area contributed by atoms with Gasteiger partial charge in [-0.15, -0.1) is 0 Å². The normalized spacial score (nSPS) is 49.9. The van der Waals surface area contributed by atoms with E-state index in [0.717, 1.165) is 107 Å². The van der Waals surface area contributed by atoms with Crippen LogP contribution in [0.1, 0.15) is 205 Å². The van der Waals surface area contributed by atoms with Gasteiger partial charge < -0.3 is 0 Å². The van der Waals surface area contributed by atoms with E-state index in [1.54, 1.807) is 205 Å². The van der Waals surface area contributed by atoms with Crippen LogP contribution in [-0.2, 0) is 0 Å². The second-order valence-corrected chi connectivity index (χ2v) is 22.3. The van der Waals surface area contributed by atoms with E-state index in [1.165, 1.54) is 0 Å². The highest BCUT2D eigenvalue weighted by molar-refractivity contribution is 5.10. The first kappa shape index (κ1) is 34.5. The summed E-state index contributed by atoms with van der Waals surface area (Å²) in [6, 6.07) is 0. The van der Waals surface area contributed by atoms with Crippen molar-refractivity contribution in [1.29, 1.82) is 0 Å². The lowest BCUT2D eigenvalue weighted by atomic mass is 9.39. The van der Waals surface area contributed by atoms with Crippen molar-refractivity contribution < 1.29 is 0 Å². The molecule has 0 aromatic rings. The summed E-state index contributed by atoms with van der Waals surface area (Å²) in [6.07, 6.45) is 51.7. The maximum Gasteiger partial charge on any atom is -0.0323 e. The van der Waals surface area contributed by atoms with Gasteiger partial charge in [-0.2, -0.15) is 0 Å². The zero-order valence-corrected chi connectivity index (χ0v) is 33.0. The lowest BCUT2D eigenvalue weighted by Gasteiger charge is -2.66. The van der Waals surface area contributed by atoms with Crippen molar-refractivity contribution in [1.82, 2.24) is 0 Å². The highest BCUT2D eigenvalue weighted by Crippen LogP contribution is 2.69. The van der Waals surface area contributed by atoms with Gasteiger partial charge in [-0.25, -0.2) is 0 Å². The molecule has 0 aromatic heterocycles. The first-order valence-electron chi connectivity index (χ1n) is 24.8. The summed E-state index contributed by atoms with van der Waals surface area (Å²) < 4.78 is 0. The molecule has 282 valence electrons. The Morgan fingerprint density at radius 2 is 0.480 bits per heavy atom. The Morgan fingerprint density at radius 1 is 0.160 bits per heavy atom. The molecule has 14 unspecified atom stereocenters. The summed E-state index contributed by atoms with van der Waals surface area (Å²) in [7, 11) is 0. The van der Waals surface area contributed by atoms with Crippen LogP contribution in [-0.4, -0.2) is 0 Å². The molecule has 0 saturated heterocycles. The van der Waals surface area contributed by atoms with Crippen LogP contribution in [0.5, 0.6) is 0 Å². The molecule has 0 aliphatic heterocycles. The van der Waals surface area contributed by atoms with Crippen molar-refractivity contribution in [2.75, 3.05) is 0 Å².